The van der Waals surface area contributed by atoms with Crippen LogP contribution in [-0.2, 0) is 4.79 Å². The first-order valence-corrected chi connectivity index (χ1v) is 7.12. The van der Waals surface area contributed by atoms with Crippen molar-refractivity contribution in [3.05, 3.63) is 35.4 Å². The zero-order valence-electron chi connectivity index (χ0n) is 12.4. The second-order valence-electron chi connectivity index (χ2n) is 5.38. The Hall–Kier alpha value is -1.53. The summed E-state index contributed by atoms with van der Waals surface area (Å²) in [5.74, 6) is -1.78. The molecule has 1 heterocycles. The van der Waals surface area contributed by atoms with Crippen molar-refractivity contribution in [1.29, 1.82) is 0 Å². The van der Waals surface area contributed by atoms with E-state index in [0.29, 0.717) is 12.1 Å². The molecule has 2 rings (SSSR count). The van der Waals surface area contributed by atoms with Gasteiger partial charge in [-0.25, -0.2) is 8.78 Å². The Morgan fingerprint density at radius 2 is 2.00 bits per heavy atom. The van der Waals surface area contributed by atoms with Gasteiger partial charge in [-0.1, -0.05) is 6.07 Å². The third-order valence-electron chi connectivity index (χ3n) is 3.97. The zero-order chi connectivity index (χ0) is 15.4. The molecular weight excluding hydrogens is 276 g/mol. The summed E-state index contributed by atoms with van der Waals surface area (Å²) in [5.41, 5.74) is 0.588. The first-order valence-electron chi connectivity index (χ1n) is 7.12. The Bertz CT molecular complexity index is 504. The molecule has 1 fully saturated rings. The Labute approximate surface area is 123 Å². The number of hydrogen-bond acceptors (Lipinski definition) is 3. The van der Waals surface area contributed by atoms with Crippen LogP contribution in [0.25, 0.3) is 0 Å². The van der Waals surface area contributed by atoms with Crippen molar-refractivity contribution >= 4 is 5.91 Å². The Balaban J connectivity index is 1.98. The highest BCUT2D eigenvalue weighted by atomic mass is 19.2. The number of amides is 1. The van der Waals surface area contributed by atoms with Crippen LogP contribution in [0.4, 0.5) is 8.78 Å². The fourth-order valence-corrected chi connectivity index (χ4v) is 2.38. The number of likely N-dealkylation sites (N-methyl/N-ethyl adjacent to an activating group) is 1. The Morgan fingerprint density at radius 3 is 2.62 bits per heavy atom. The van der Waals surface area contributed by atoms with Crippen LogP contribution >= 0.6 is 0 Å². The van der Waals surface area contributed by atoms with Crippen molar-refractivity contribution in [1.82, 2.24) is 15.1 Å². The molecule has 1 atom stereocenters. The molecule has 1 aromatic rings. The summed E-state index contributed by atoms with van der Waals surface area (Å²) in [6, 6.07) is 3.46. The minimum atomic E-state index is -0.887. The molecule has 6 heteroatoms. The van der Waals surface area contributed by atoms with E-state index in [1.807, 2.05) is 6.92 Å². The van der Waals surface area contributed by atoms with Gasteiger partial charge in [0, 0.05) is 33.2 Å². The quantitative estimate of drug-likeness (QED) is 0.912. The van der Waals surface area contributed by atoms with Crippen molar-refractivity contribution in [2.45, 2.75) is 13.0 Å². The van der Waals surface area contributed by atoms with Crippen molar-refractivity contribution in [3.63, 3.8) is 0 Å². The summed E-state index contributed by atoms with van der Waals surface area (Å²) in [7, 11) is 1.69. The number of rotatable bonds is 4. The van der Waals surface area contributed by atoms with Gasteiger partial charge < -0.3 is 10.2 Å². The monoisotopic (exact) mass is 297 g/mol. The molecule has 116 valence electrons. The van der Waals surface area contributed by atoms with E-state index >= 15 is 0 Å². The van der Waals surface area contributed by atoms with Crippen molar-refractivity contribution in [3.8, 4) is 0 Å². The first-order chi connectivity index (χ1) is 9.99. The fraction of sp³-hybridized carbons (Fsp3) is 0.533. The molecule has 0 radical (unpaired) electrons. The number of carbonyl (C=O) groups is 1. The smallest absolute Gasteiger partial charge is 0.236 e. The second-order valence-corrected chi connectivity index (χ2v) is 5.38. The van der Waals surface area contributed by atoms with E-state index in [1.54, 1.807) is 11.9 Å². The predicted octanol–water partition coefficient (Wildman–Crippen LogP) is 1.39. The van der Waals surface area contributed by atoms with Crippen LogP contribution in [0.3, 0.4) is 0 Å². The molecule has 1 N–H and O–H groups in total. The molecular formula is C15H21F2N3O. The van der Waals surface area contributed by atoms with E-state index < -0.39 is 11.6 Å². The van der Waals surface area contributed by atoms with Crippen LogP contribution in [-0.4, -0.2) is 55.5 Å². The molecule has 4 nitrogen and oxygen atoms in total. The van der Waals surface area contributed by atoms with Crippen LogP contribution in [0, 0.1) is 11.6 Å². The van der Waals surface area contributed by atoms with E-state index in [0.717, 1.165) is 38.3 Å². The van der Waals surface area contributed by atoms with Crippen molar-refractivity contribution in [2.24, 2.45) is 0 Å². The summed E-state index contributed by atoms with van der Waals surface area (Å²) in [6.07, 6.45) is 0. The van der Waals surface area contributed by atoms with Crippen LogP contribution < -0.4 is 5.32 Å². The molecule has 1 amide bonds. The molecule has 0 aliphatic carbocycles. The molecule has 0 bridgehead atoms. The number of hydrogen-bond donors (Lipinski definition) is 1. The summed E-state index contributed by atoms with van der Waals surface area (Å²) >= 11 is 0. The zero-order valence-corrected chi connectivity index (χ0v) is 12.4. The minimum absolute atomic E-state index is 0.0193. The highest BCUT2D eigenvalue weighted by Crippen LogP contribution is 2.21. The average Bonchev–Trinajstić information content (AvgIpc) is 2.49. The van der Waals surface area contributed by atoms with Gasteiger partial charge in [-0.15, -0.1) is 0 Å². The lowest BCUT2D eigenvalue weighted by Gasteiger charge is -2.31. The van der Waals surface area contributed by atoms with Crippen LogP contribution in [0.5, 0.6) is 0 Å². The van der Waals surface area contributed by atoms with Gasteiger partial charge in [0.25, 0.3) is 0 Å². The van der Waals surface area contributed by atoms with Crippen LogP contribution in [0.1, 0.15) is 18.5 Å². The maximum absolute atomic E-state index is 13.3. The van der Waals surface area contributed by atoms with Gasteiger partial charge in [-0.2, -0.15) is 0 Å². The van der Waals surface area contributed by atoms with Crippen molar-refractivity contribution < 1.29 is 13.6 Å². The predicted molar refractivity (Wildman–Crippen MR) is 76.9 cm³/mol. The van der Waals surface area contributed by atoms with Crippen molar-refractivity contribution in [2.75, 3.05) is 39.8 Å². The largest absolute Gasteiger partial charge is 0.338 e. The van der Waals surface area contributed by atoms with Gasteiger partial charge in [-0.05, 0) is 24.6 Å². The number of benzene rings is 1. The molecule has 1 saturated heterocycles. The summed E-state index contributed by atoms with van der Waals surface area (Å²) in [5, 5.41) is 3.23. The summed E-state index contributed by atoms with van der Waals surface area (Å²) < 4.78 is 26.2. The van der Waals surface area contributed by atoms with Gasteiger partial charge in [-0.3, -0.25) is 9.69 Å². The number of carbonyl (C=O) groups excluding carboxylic acids is 1. The van der Waals surface area contributed by atoms with E-state index in [4.69, 9.17) is 0 Å². The van der Waals surface area contributed by atoms with E-state index in [2.05, 4.69) is 10.2 Å². The number of halogens is 2. The number of nitrogens with one attached hydrogen (secondary N) is 1. The lowest BCUT2D eigenvalue weighted by Crippen LogP contribution is -2.48. The van der Waals surface area contributed by atoms with Crippen LogP contribution in [0.2, 0.25) is 0 Å². The van der Waals surface area contributed by atoms with Gasteiger partial charge in [0.05, 0.1) is 12.6 Å². The summed E-state index contributed by atoms with van der Waals surface area (Å²) in [6.45, 7) is 5.62. The Kier molecular flexibility index (Phi) is 5.25. The molecule has 0 aromatic heterocycles. The van der Waals surface area contributed by atoms with E-state index in [-0.39, 0.29) is 11.9 Å². The third-order valence-corrected chi connectivity index (χ3v) is 3.97. The molecule has 1 aliphatic heterocycles. The van der Waals surface area contributed by atoms with E-state index in [9.17, 15) is 13.6 Å². The van der Waals surface area contributed by atoms with Crippen LogP contribution in [0.15, 0.2) is 18.2 Å². The second kappa shape index (κ2) is 6.95. The Morgan fingerprint density at radius 1 is 1.33 bits per heavy atom. The third kappa shape index (κ3) is 3.98. The lowest BCUT2D eigenvalue weighted by atomic mass is 10.1. The minimum Gasteiger partial charge on any atom is -0.338 e. The standard InChI is InChI=1S/C15H21F2N3O/c1-11(12-3-4-13(16)14(17)9-12)19(2)15(21)10-20-7-5-18-6-8-20/h3-4,9,11,18H,5-8,10H2,1-2H3. The SMILES string of the molecule is CC(c1ccc(F)c(F)c1)N(C)C(=O)CN1CCNCC1. The molecule has 0 spiro atoms. The summed E-state index contributed by atoms with van der Waals surface area (Å²) in [4.78, 5) is 15.9. The fourth-order valence-electron chi connectivity index (χ4n) is 2.38. The first kappa shape index (κ1) is 15.9. The topological polar surface area (TPSA) is 35.6 Å². The molecule has 0 saturated carbocycles. The molecule has 21 heavy (non-hydrogen) atoms. The molecule has 1 aromatic carbocycles. The molecule has 1 aliphatic rings. The highest BCUT2D eigenvalue weighted by molar-refractivity contribution is 5.78. The van der Waals surface area contributed by atoms with Gasteiger partial charge in [0.15, 0.2) is 11.6 Å². The maximum atomic E-state index is 13.3. The van der Waals surface area contributed by atoms with E-state index in [1.165, 1.54) is 6.07 Å². The molecule has 1 unspecified atom stereocenters. The average molecular weight is 297 g/mol. The van der Waals surface area contributed by atoms with Gasteiger partial charge in [0.2, 0.25) is 5.91 Å². The lowest BCUT2D eigenvalue weighted by molar-refractivity contribution is -0.133. The normalized spacial score (nSPS) is 17.5. The highest BCUT2D eigenvalue weighted by Gasteiger charge is 2.21. The van der Waals surface area contributed by atoms with Gasteiger partial charge in [0.1, 0.15) is 0 Å². The number of nitrogens with zero attached hydrogens (tertiary/aromatic N) is 2. The number of piperazine rings is 1. The maximum Gasteiger partial charge on any atom is 0.236 e. The van der Waals surface area contributed by atoms with Gasteiger partial charge >= 0.3 is 0 Å².